The number of para-hydroxylation sites is 1. The number of aromatic nitrogens is 2. The van der Waals surface area contributed by atoms with Crippen LogP contribution in [0.3, 0.4) is 0 Å². The fourth-order valence-electron chi connectivity index (χ4n) is 4.82. The Labute approximate surface area is 193 Å². The number of aromatic amines is 1. The first-order valence-corrected chi connectivity index (χ1v) is 11.4. The van der Waals surface area contributed by atoms with Gasteiger partial charge in [-0.25, -0.2) is 0 Å². The average Bonchev–Trinajstić information content (AvgIpc) is 3.24. The maximum absolute atomic E-state index is 12.6. The summed E-state index contributed by atoms with van der Waals surface area (Å²) in [5, 5.41) is 11.3. The fourth-order valence-corrected chi connectivity index (χ4v) is 4.82. The van der Waals surface area contributed by atoms with E-state index in [4.69, 9.17) is 0 Å². The third kappa shape index (κ3) is 4.53. The van der Waals surface area contributed by atoms with E-state index in [1.807, 2.05) is 67.0 Å². The van der Waals surface area contributed by atoms with E-state index in [1.54, 1.807) is 0 Å². The third-order valence-electron chi connectivity index (χ3n) is 6.55. The number of H-pyrrole nitrogens is 1. The normalized spacial score (nSPS) is 16.1. The van der Waals surface area contributed by atoms with Crippen LogP contribution in [0.5, 0.6) is 0 Å². The average molecular weight is 441 g/mol. The monoisotopic (exact) mass is 440 g/mol. The zero-order chi connectivity index (χ0) is 22.6. The molecule has 1 atom stereocenters. The molecule has 1 unspecified atom stereocenters. The smallest absolute Gasteiger partial charge is 0.325 e. The van der Waals surface area contributed by atoms with Crippen LogP contribution < -0.4 is 0 Å². The van der Waals surface area contributed by atoms with E-state index in [0.717, 1.165) is 66.9 Å². The molecule has 0 saturated carbocycles. The molecule has 0 radical (unpaired) electrons. The summed E-state index contributed by atoms with van der Waals surface area (Å²) in [4.78, 5) is 24.8. The number of carboxylic acids is 1. The van der Waals surface area contributed by atoms with E-state index >= 15 is 0 Å². The number of benzene rings is 2. The number of pyridine rings is 1. The number of fused-ring (bicyclic) bond motifs is 1. The van der Waals surface area contributed by atoms with Crippen LogP contribution in [0.2, 0.25) is 0 Å². The predicted octanol–water partition coefficient (Wildman–Crippen LogP) is 4.22. The minimum Gasteiger partial charge on any atom is -0.480 e. The SMILES string of the molecule is O=C(O)C(c1c(-c2ccccc2)[nH]c2ccccc12)N1CCN(CCc2ccncc2)CC1. The lowest BCUT2D eigenvalue weighted by Gasteiger charge is -2.38. The molecule has 2 aromatic heterocycles. The van der Waals surface area contributed by atoms with Crippen molar-refractivity contribution in [3.8, 4) is 11.3 Å². The van der Waals surface area contributed by atoms with E-state index in [9.17, 15) is 9.90 Å². The maximum Gasteiger partial charge on any atom is 0.325 e. The molecule has 2 aromatic carbocycles. The second-order valence-corrected chi connectivity index (χ2v) is 8.55. The van der Waals surface area contributed by atoms with Crippen LogP contribution in [0.4, 0.5) is 0 Å². The molecule has 1 fully saturated rings. The fraction of sp³-hybridized carbons (Fsp3) is 0.259. The molecule has 1 aliphatic heterocycles. The first kappa shape index (κ1) is 21.4. The van der Waals surface area contributed by atoms with Gasteiger partial charge in [-0.1, -0.05) is 48.5 Å². The molecular weight excluding hydrogens is 412 g/mol. The Kier molecular flexibility index (Phi) is 6.19. The molecule has 4 aromatic rings. The zero-order valence-electron chi connectivity index (χ0n) is 18.5. The topological polar surface area (TPSA) is 72.5 Å². The standard InChI is InChI=1S/C27H28N4O2/c32-27(33)26(31-18-16-30(17-19-31)15-12-20-10-13-28-14-11-20)24-22-8-4-5-9-23(22)29-25(24)21-6-2-1-3-7-21/h1-11,13-14,26,29H,12,15-19H2,(H,32,33). The van der Waals surface area contributed by atoms with Gasteiger partial charge in [0.05, 0.1) is 5.69 Å². The maximum atomic E-state index is 12.6. The number of hydrogen-bond acceptors (Lipinski definition) is 4. The number of carbonyl (C=O) groups is 1. The van der Waals surface area contributed by atoms with Crippen LogP contribution in [0.15, 0.2) is 79.1 Å². The minimum absolute atomic E-state index is 0.696. The van der Waals surface area contributed by atoms with Gasteiger partial charge in [0.15, 0.2) is 0 Å². The second-order valence-electron chi connectivity index (χ2n) is 8.55. The highest BCUT2D eigenvalue weighted by Crippen LogP contribution is 2.37. The number of carboxylic acid groups (broad SMARTS) is 1. The van der Waals surface area contributed by atoms with Crippen molar-refractivity contribution >= 4 is 16.9 Å². The Hall–Kier alpha value is -3.48. The molecule has 33 heavy (non-hydrogen) atoms. The van der Waals surface area contributed by atoms with Crippen molar-refractivity contribution in [2.75, 3.05) is 32.7 Å². The molecule has 0 bridgehead atoms. The Morgan fingerprint density at radius 3 is 2.36 bits per heavy atom. The van der Waals surface area contributed by atoms with Gasteiger partial charge in [-0.3, -0.25) is 14.7 Å². The van der Waals surface area contributed by atoms with E-state index in [1.165, 1.54) is 5.56 Å². The molecule has 5 rings (SSSR count). The largest absolute Gasteiger partial charge is 0.480 e. The Bertz CT molecular complexity index is 1210. The summed E-state index contributed by atoms with van der Waals surface area (Å²) in [7, 11) is 0. The quantitative estimate of drug-likeness (QED) is 0.450. The van der Waals surface area contributed by atoms with Crippen molar-refractivity contribution in [3.63, 3.8) is 0 Å². The molecule has 0 aliphatic carbocycles. The number of piperazine rings is 1. The molecular formula is C27H28N4O2. The first-order chi connectivity index (χ1) is 16.2. The summed E-state index contributed by atoms with van der Waals surface area (Å²) in [5.74, 6) is -0.804. The van der Waals surface area contributed by atoms with Gasteiger partial charge in [0.25, 0.3) is 0 Å². The highest BCUT2D eigenvalue weighted by atomic mass is 16.4. The van der Waals surface area contributed by atoms with Crippen LogP contribution in [-0.4, -0.2) is 63.6 Å². The van der Waals surface area contributed by atoms with Crippen LogP contribution >= 0.6 is 0 Å². The van der Waals surface area contributed by atoms with E-state index < -0.39 is 12.0 Å². The molecule has 168 valence electrons. The molecule has 1 aliphatic rings. The lowest BCUT2D eigenvalue weighted by molar-refractivity contribution is -0.144. The molecule has 0 amide bonds. The van der Waals surface area contributed by atoms with Crippen molar-refractivity contribution in [1.29, 1.82) is 0 Å². The summed E-state index contributed by atoms with van der Waals surface area (Å²) < 4.78 is 0. The van der Waals surface area contributed by atoms with Crippen LogP contribution in [0.1, 0.15) is 17.2 Å². The highest BCUT2D eigenvalue weighted by Gasteiger charge is 2.34. The van der Waals surface area contributed by atoms with Gasteiger partial charge in [-0.05, 0) is 35.7 Å². The van der Waals surface area contributed by atoms with Crippen molar-refractivity contribution in [2.45, 2.75) is 12.5 Å². The van der Waals surface area contributed by atoms with Crippen LogP contribution in [-0.2, 0) is 11.2 Å². The molecule has 6 heteroatoms. The second kappa shape index (κ2) is 9.57. The lowest BCUT2D eigenvalue weighted by atomic mass is 9.97. The zero-order valence-corrected chi connectivity index (χ0v) is 18.5. The number of hydrogen-bond donors (Lipinski definition) is 2. The van der Waals surface area contributed by atoms with Gasteiger partial charge < -0.3 is 15.0 Å². The Morgan fingerprint density at radius 1 is 0.939 bits per heavy atom. The molecule has 3 heterocycles. The number of nitrogens with zero attached hydrogens (tertiary/aromatic N) is 3. The summed E-state index contributed by atoms with van der Waals surface area (Å²) in [6.07, 6.45) is 4.64. The van der Waals surface area contributed by atoms with Crippen LogP contribution in [0.25, 0.3) is 22.2 Å². The van der Waals surface area contributed by atoms with Crippen molar-refractivity contribution in [1.82, 2.24) is 19.8 Å². The van der Waals surface area contributed by atoms with Crippen molar-refractivity contribution in [2.24, 2.45) is 0 Å². The van der Waals surface area contributed by atoms with E-state index in [2.05, 4.69) is 31.9 Å². The summed E-state index contributed by atoms with van der Waals surface area (Å²) in [6.45, 7) is 4.13. The van der Waals surface area contributed by atoms with Gasteiger partial charge in [-0.2, -0.15) is 0 Å². The Balaban J connectivity index is 1.39. The van der Waals surface area contributed by atoms with E-state index in [0.29, 0.717) is 0 Å². The number of aliphatic carboxylic acids is 1. The highest BCUT2D eigenvalue weighted by molar-refractivity contribution is 5.95. The summed E-state index contributed by atoms with van der Waals surface area (Å²) in [5.41, 5.74) is 5.00. The first-order valence-electron chi connectivity index (χ1n) is 11.4. The van der Waals surface area contributed by atoms with E-state index in [-0.39, 0.29) is 0 Å². The summed E-state index contributed by atoms with van der Waals surface area (Å²) in [6, 6.07) is 21.4. The van der Waals surface area contributed by atoms with Gasteiger partial charge in [0.2, 0.25) is 0 Å². The van der Waals surface area contributed by atoms with Gasteiger partial charge in [0.1, 0.15) is 6.04 Å². The third-order valence-corrected chi connectivity index (χ3v) is 6.55. The van der Waals surface area contributed by atoms with Crippen molar-refractivity contribution in [3.05, 3.63) is 90.3 Å². The minimum atomic E-state index is -0.804. The Morgan fingerprint density at radius 2 is 1.64 bits per heavy atom. The molecule has 2 N–H and O–H groups in total. The van der Waals surface area contributed by atoms with Gasteiger partial charge in [0, 0.05) is 61.6 Å². The summed E-state index contributed by atoms with van der Waals surface area (Å²) >= 11 is 0. The van der Waals surface area contributed by atoms with Crippen LogP contribution in [0, 0.1) is 0 Å². The molecule has 1 saturated heterocycles. The predicted molar refractivity (Wildman–Crippen MR) is 130 cm³/mol. The van der Waals surface area contributed by atoms with Crippen molar-refractivity contribution < 1.29 is 9.90 Å². The molecule has 0 spiro atoms. The lowest BCUT2D eigenvalue weighted by Crippen LogP contribution is -2.49. The van der Waals surface area contributed by atoms with Gasteiger partial charge >= 0.3 is 5.97 Å². The number of rotatable bonds is 7. The number of nitrogens with one attached hydrogen (secondary N) is 1. The van der Waals surface area contributed by atoms with Gasteiger partial charge in [-0.15, -0.1) is 0 Å². The molecule has 6 nitrogen and oxygen atoms in total.